The summed E-state index contributed by atoms with van der Waals surface area (Å²) in [6, 6.07) is 10.3. The normalized spacial score (nSPS) is 10.7. The Kier molecular flexibility index (Phi) is 5.57. The van der Waals surface area contributed by atoms with Gasteiger partial charge in [0.2, 0.25) is 5.82 Å². The van der Waals surface area contributed by atoms with Crippen molar-refractivity contribution in [3.05, 3.63) is 76.3 Å². The van der Waals surface area contributed by atoms with Crippen molar-refractivity contribution >= 4 is 17.3 Å². The van der Waals surface area contributed by atoms with E-state index in [2.05, 4.69) is 20.1 Å². The summed E-state index contributed by atoms with van der Waals surface area (Å²) in [6.07, 6.45) is 3.28. The van der Waals surface area contributed by atoms with Gasteiger partial charge in [-0.05, 0) is 43.3 Å². The number of carbonyl (C=O) groups excluding carboxylic acids is 1. The molecule has 0 saturated heterocycles. The molecule has 146 valence electrons. The van der Waals surface area contributed by atoms with Crippen LogP contribution in [0.15, 0.2) is 58.7 Å². The van der Waals surface area contributed by atoms with E-state index in [1.165, 1.54) is 0 Å². The average molecular weight is 408 g/mol. The number of nitrogens with zero attached hydrogens (tertiary/aromatic N) is 4. The highest BCUT2D eigenvalue weighted by molar-refractivity contribution is 7.09. The Balaban J connectivity index is 1.30. The highest BCUT2D eigenvalue weighted by Crippen LogP contribution is 2.17. The third-order valence-electron chi connectivity index (χ3n) is 3.86. The predicted octanol–water partition coefficient (Wildman–Crippen LogP) is 3.83. The summed E-state index contributed by atoms with van der Waals surface area (Å²) in [6.45, 7) is 2.21. The number of pyridine rings is 1. The molecule has 29 heavy (non-hydrogen) atoms. The SMILES string of the molecule is Cc1nc(COc2ccc(C(=O)OCc3nc(-c4cccnc4)no3)cc2)cs1. The van der Waals surface area contributed by atoms with E-state index in [0.29, 0.717) is 23.7 Å². The van der Waals surface area contributed by atoms with Crippen LogP contribution >= 0.6 is 11.3 Å². The molecule has 0 aliphatic carbocycles. The molecule has 3 aromatic heterocycles. The van der Waals surface area contributed by atoms with Crippen molar-refractivity contribution in [3.8, 4) is 17.1 Å². The number of aromatic nitrogens is 4. The van der Waals surface area contributed by atoms with Crippen LogP contribution in [0.2, 0.25) is 0 Å². The Bertz CT molecular complexity index is 1090. The van der Waals surface area contributed by atoms with Crippen LogP contribution in [0.25, 0.3) is 11.4 Å². The van der Waals surface area contributed by atoms with Gasteiger partial charge in [-0.3, -0.25) is 4.98 Å². The molecule has 3 heterocycles. The Hall–Kier alpha value is -3.59. The molecule has 8 nitrogen and oxygen atoms in total. The molecule has 4 rings (SSSR count). The van der Waals surface area contributed by atoms with Crippen molar-refractivity contribution in [2.75, 3.05) is 0 Å². The van der Waals surface area contributed by atoms with E-state index in [4.69, 9.17) is 14.0 Å². The zero-order valence-electron chi connectivity index (χ0n) is 15.4. The third-order valence-corrected chi connectivity index (χ3v) is 4.68. The molecule has 0 N–H and O–H groups in total. The smallest absolute Gasteiger partial charge is 0.338 e. The van der Waals surface area contributed by atoms with Gasteiger partial charge in [-0.2, -0.15) is 4.98 Å². The van der Waals surface area contributed by atoms with Gasteiger partial charge in [0, 0.05) is 23.3 Å². The molecule has 1 aromatic carbocycles. The molecule has 0 bridgehead atoms. The summed E-state index contributed by atoms with van der Waals surface area (Å²) in [4.78, 5) is 24.8. The molecular weight excluding hydrogens is 392 g/mol. The number of aryl methyl sites for hydroxylation is 1. The summed E-state index contributed by atoms with van der Waals surface area (Å²) in [5, 5.41) is 6.81. The lowest BCUT2D eigenvalue weighted by Crippen LogP contribution is -2.05. The first-order valence-electron chi connectivity index (χ1n) is 8.71. The van der Waals surface area contributed by atoms with Gasteiger partial charge in [-0.25, -0.2) is 9.78 Å². The molecule has 0 unspecified atom stereocenters. The number of esters is 1. The minimum Gasteiger partial charge on any atom is -0.487 e. The molecule has 9 heteroatoms. The van der Waals surface area contributed by atoms with Crippen LogP contribution in [0.5, 0.6) is 5.75 Å². The zero-order chi connectivity index (χ0) is 20.1. The molecule has 0 fully saturated rings. The van der Waals surface area contributed by atoms with E-state index in [-0.39, 0.29) is 12.5 Å². The topological polar surface area (TPSA) is 100 Å². The first kappa shape index (κ1) is 18.8. The molecule has 0 aliphatic rings. The number of ether oxygens (including phenoxy) is 2. The summed E-state index contributed by atoms with van der Waals surface area (Å²) in [7, 11) is 0. The Morgan fingerprint density at radius 3 is 2.72 bits per heavy atom. The molecule has 0 spiro atoms. The number of carbonyl (C=O) groups is 1. The Morgan fingerprint density at radius 2 is 2.00 bits per heavy atom. The van der Waals surface area contributed by atoms with Crippen LogP contribution in [-0.2, 0) is 18.0 Å². The van der Waals surface area contributed by atoms with Gasteiger partial charge in [0.15, 0.2) is 6.61 Å². The maximum atomic E-state index is 12.2. The molecular formula is C20H16N4O4S. The minimum absolute atomic E-state index is 0.118. The second-order valence-corrected chi connectivity index (χ2v) is 7.06. The fraction of sp³-hybridized carbons (Fsp3) is 0.150. The van der Waals surface area contributed by atoms with Gasteiger partial charge >= 0.3 is 5.97 Å². The summed E-state index contributed by atoms with van der Waals surface area (Å²) in [5.41, 5.74) is 1.99. The van der Waals surface area contributed by atoms with Crippen molar-refractivity contribution in [1.29, 1.82) is 0 Å². The lowest BCUT2D eigenvalue weighted by atomic mass is 10.2. The molecule has 0 radical (unpaired) electrons. The van der Waals surface area contributed by atoms with Gasteiger partial charge < -0.3 is 14.0 Å². The average Bonchev–Trinajstić information content (AvgIpc) is 3.40. The largest absolute Gasteiger partial charge is 0.487 e. The van der Waals surface area contributed by atoms with Crippen LogP contribution in [-0.4, -0.2) is 26.1 Å². The molecule has 0 amide bonds. The van der Waals surface area contributed by atoms with Crippen LogP contribution in [0.1, 0.15) is 27.0 Å². The van der Waals surface area contributed by atoms with E-state index >= 15 is 0 Å². The Labute approximate surface area is 170 Å². The maximum Gasteiger partial charge on any atom is 0.338 e. The van der Waals surface area contributed by atoms with E-state index in [0.717, 1.165) is 16.3 Å². The fourth-order valence-corrected chi connectivity index (χ4v) is 3.05. The maximum absolute atomic E-state index is 12.2. The number of benzene rings is 1. The highest BCUT2D eigenvalue weighted by Gasteiger charge is 2.13. The first-order valence-corrected chi connectivity index (χ1v) is 9.59. The van der Waals surface area contributed by atoms with Gasteiger partial charge in [0.1, 0.15) is 12.4 Å². The number of hydrogen-bond donors (Lipinski definition) is 0. The van der Waals surface area contributed by atoms with Crippen molar-refractivity contribution < 1.29 is 18.8 Å². The van der Waals surface area contributed by atoms with E-state index < -0.39 is 5.97 Å². The van der Waals surface area contributed by atoms with Crippen LogP contribution in [0, 0.1) is 6.92 Å². The van der Waals surface area contributed by atoms with E-state index in [9.17, 15) is 4.79 Å². The Morgan fingerprint density at radius 1 is 1.14 bits per heavy atom. The lowest BCUT2D eigenvalue weighted by Gasteiger charge is -2.06. The second kappa shape index (κ2) is 8.61. The molecule has 0 saturated carbocycles. The molecule has 0 atom stereocenters. The third kappa shape index (κ3) is 4.82. The minimum atomic E-state index is -0.493. The van der Waals surface area contributed by atoms with Gasteiger partial charge in [0.25, 0.3) is 5.89 Å². The quantitative estimate of drug-likeness (QED) is 0.425. The number of hydrogen-bond acceptors (Lipinski definition) is 9. The highest BCUT2D eigenvalue weighted by atomic mass is 32.1. The van der Waals surface area contributed by atoms with E-state index in [1.807, 2.05) is 18.4 Å². The first-order chi connectivity index (χ1) is 14.2. The van der Waals surface area contributed by atoms with Gasteiger partial charge in [-0.1, -0.05) is 5.16 Å². The standard InChI is InChI=1S/C20H16N4O4S/c1-13-22-16(12-29-13)10-26-17-6-4-14(5-7-17)20(25)27-11-18-23-19(24-28-18)15-3-2-8-21-9-15/h2-9,12H,10-11H2,1H3. The van der Waals surface area contributed by atoms with Gasteiger partial charge in [-0.15, -0.1) is 11.3 Å². The van der Waals surface area contributed by atoms with Crippen molar-refractivity contribution in [3.63, 3.8) is 0 Å². The second-order valence-electron chi connectivity index (χ2n) is 6.00. The lowest BCUT2D eigenvalue weighted by molar-refractivity contribution is 0.0430. The number of rotatable bonds is 7. The monoisotopic (exact) mass is 408 g/mol. The molecule has 0 aliphatic heterocycles. The van der Waals surface area contributed by atoms with Crippen LogP contribution in [0.4, 0.5) is 0 Å². The van der Waals surface area contributed by atoms with Crippen LogP contribution < -0.4 is 4.74 Å². The fourth-order valence-electron chi connectivity index (χ4n) is 2.46. The van der Waals surface area contributed by atoms with Crippen molar-refractivity contribution in [2.45, 2.75) is 20.1 Å². The van der Waals surface area contributed by atoms with Crippen molar-refractivity contribution in [2.24, 2.45) is 0 Å². The zero-order valence-corrected chi connectivity index (χ0v) is 16.3. The van der Waals surface area contributed by atoms with Crippen LogP contribution in [0.3, 0.4) is 0 Å². The predicted molar refractivity (Wildman–Crippen MR) is 104 cm³/mol. The number of thiazole rings is 1. The molecule has 4 aromatic rings. The summed E-state index contributed by atoms with van der Waals surface area (Å²) in [5.74, 6) is 0.745. The van der Waals surface area contributed by atoms with Gasteiger partial charge in [0.05, 0.1) is 16.3 Å². The van der Waals surface area contributed by atoms with E-state index in [1.54, 1.807) is 54.1 Å². The van der Waals surface area contributed by atoms with Crippen molar-refractivity contribution in [1.82, 2.24) is 20.1 Å². The summed E-state index contributed by atoms with van der Waals surface area (Å²) < 4.78 is 16.0. The summed E-state index contributed by atoms with van der Waals surface area (Å²) >= 11 is 1.58.